The van der Waals surface area contributed by atoms with E-state index in [0.29, 0.717) is 12.8 Å². The fourth-order valence-electron chi connectivity index (χ4n) is 5.18. The standard InChI is InChI=1S/C26H26N2O2/c29-25(27-24-14-8-7-13-23(24)19-9-3-1-4-10-19)28-21-15-16-22(28)18-26(30,17-21)20-11-5-2-6-12-20/h1-14,21-22,30H,15-18H2,(H,27,29)/t21-,22-/m0/s1. The van der Waals surface area contributed by atoms with Crippen LogP contribution in [-0.2, 0) is 5.60 Å². The molecule has 3 aromatic rings. The van der Waals surface area contributed by atoms with Gasteiger partial charge in [0, 0.05) is 30.5 Å². The van der Waals surface area contributed by atoms with Gasteiger partial charge in [-0.3, -0.25) is 0 Å². The zero-order valence-corrected chi connectivity index (χ0v) is 16.9. The van der Waals surface area contributed by atoms with Crippen molar-refractivity contribution < 1.29 is 9.90 Å². The summed E-state index contributed by atoms with van der Waals surface area (Å²) in [6.45, 7) is 0. The SMILES string of the molecule is O=C(Nc1ccccc1-c1ccccc1)N1[C@H]2CC[C@H]1CC(O)(c1ccccc1)C2. The van der Waals surface area contributed by atoms with Crippen LogP contribution in [0.5, 0.6) is 0 Å². The van der Waals surface area contributed by atoms with Crippen LogP contribution in [0.3, 0.4) is 0 Å². The van der Waals surface area contributed by atoms with Crippen LogP contribution in [0.2, 0.25) is 0 Å². The molecule has 0 spiro atoms. The summed E-state index contributed by atoms with van der Waals surface area (Å²) in [6.07, 6.45) is 3.05. The minimum atomic E-state index is -0.855. The number of hydrogen-bond acceptors (Lipinski definition) is 2. The number of rotatable bonds is 3. The Morgan fingerprint density at radius 1 is 0.833 bits per heavy atom. The number of nitrogens with one attached hydrogen (secondary N) is 1. The van der Waals surface area contributed by atoms with Crippen molar-refractivity contribution in [3.05, 3.63) is 90.5 Å². The lowest BCUT2D eigenvalue weighted by molar-refractivity contribution is -0.0422. The summed E-state index contributed by atoms with van der Waals surface area (Å²) in [6, 6.07) is 27.9. The summed E-state index contributed by atoms with van der Waals surface area (Å²) in [4.78, 5) is 15.3. The largest absolute Gasteiger partial charge is 0.385 e. The molecule has 3 aromatic carbocycles. The molecule has 152 valence electrons. The second-order valence-corrected chi connectivity index (χ2v) is 8.44. The first-order valence-electron chi connectivity index (χ1n) is 10.7. The van der Waals surface area contributed by atoms with Crippen molar-refractivity contribution in [1.29, 1.82) is 0 Å². The minimum Gasteiger partial charge on any atom is -0.385 e. The second-order valence-electron chi connectivity index (χ2n) is 8.44. The second kappa shape index (κ2) is 7.62. The van der Waals surface area contributed by atoms with Crippen molar-refractivity contribution in [2.75, 3.05) is 5.32 Å². The summed E-state index contributed by atoms with van der Waals surface area (Å²) in [7, 11) is 0. The number of urea groups is 1. The molecule has 2 atom stereocenters. The molecule has 2 N–H and O–H groups in total. The van der Waals surface area contributed by atoms with Gasteiger partial charge in [0.2, 0.25) is 0 Å². The third-order valence-corrected chi connectivity index (χ3v) is 6.57. The molecular weight excluding hydrogens is 372 g/mol. The van der Waals surface area contributed by atoms with Crippen LogP contribution in [0, 0.1) is 0 Å². The van der Waals surface area contributed by atoms with Gasteiger partial charge in [0.05, 0.1) is 11.3 Å². The number of hydrogen-bond donors (Lipinski definition) is 2. The molecule has 30 heavy (non-hydrogen) atoms. The predicted octanol–water partition coefficient (Wildman–Crippen LogP) is 5.40. The number of anilines is 1. The first-order chi connectivity index (χ1) is 14.6. The number of carbonyl (C=O) groups excluding carboxylic acids is 1. The molecule has 0 saturated carbocycles. The Morgan fingerprint density at radius 3 is 2.07 bits per heavy atom. The highest BCUT2D eigenvalue weighted by atomic mass is 16.3. The summed E-state index contributed by atoms with van der Waals surface area (Å²) >= 11 is 0. The molecule has 2 fully saturated rings. The molecule has 2 heterocycles. The molecule has 4 nitrogen and oxygen atoms in total. The van der Waals surface area contributed by atoms with Gasteiger partial charge in [-0.05, 0) is 30.0 Å². The fraction of sp³-hybridized carbons (Fsp3) is 0.269. The van der Waals surface area contributed by atoms with E-state index in [-0.39, 0.29) is 18.1 Å². The van der Waals surface area contributed by atoms with Gasteiger partial charge < -0.3 is 15.3 Å². The molecule has 0 radical (unpaired) electrons. The maximum Gasteiger partial charge on any atom is 0.322 e. The monoisotopic (exact) mass is 398 g/mol. The van der Waals surface area contributed by atoms with E-state index in [0.717, 1.165) is 35.2 Å². The normalized spacial score (nSPS) is 25.2. The van der Waals surface area contributed by atoms with E-state index in [2.05, 4.69) is 17.4 Å². The van der Waals surface area contributed by atoms with E-state index < -0.39 is 5.60 Å². The summed E-state index contributed by atoms with van der Waals surface area (Å²) in [5.41, 5.74) is 3.00. The smallest absolute Gasteiger partial charge is 0.322 e. The average molecular weight is 399 g/mol. The highest BCUT2D eigenvalue weighted by Gasteiger charge is 2.50. The van der Waals surface area contributed by atoms with Gasteiger partial charge in [-0.1, -0.05) is 78.9 Å². The molecule has 0 unspecified atom stereocenters. The molecule has 0 aliphatic carbocycles. The lowest BCUT2D eigenvalue weighted by Gasteiger charge is -2.44. The maximum absolute atomic E-state index is 13.3. The van der Waals surface area contributed by atoms with Crippen LogP contribution >= 0.6 is 0 Å². The Morgan fingerprint density at radius 2 is 1.40 bits per heavy atom. The molecule has 2 saturated heterocycles. The van der Waals surface area contributed by atoms with E-state index in [1.165, 1.54) is 0 Å². The number of benzene rings is 3. The summed E-state index contributed by atoms with van der Waals surface area (Å²) < 4.78 is 0. The summed E-state index contributed by atoms with van der Waals surface area (Å²) in [5, 5.41) is 14.5. The van der Waals surface area contributed by atoms with E-state index in [4.69, 9.17) is 0 Å². The number of carbonyl (C=O) groups is 1. The lowest BCUT2D eigenvalue weighted by atomic mass is 9.80. The molecule has 2 aliphatic heterocycles. The molecule has 0 aromatic heterocycles. The third-order valence-electron chi connectivity index (χ3n) is 6.57. The van der Waals surface area contributed by atoms with Gasteiger partial charge in [0.15, 0.2) is 0 Å². The quantitative estimate of drug-likeness (QED) is 0.621. The molecule has 2 aliphatic rings. The van der Waals surface area contributed by atoms with Crippen LogP contribution in [0.4, 0.5) is 10.5 Å². The average Bonchev–Trinajstić information content (AvgIpc) is 3.07. The van der Waals surface area contributed by atoms with Crippen molar-refractivity contribution in [2.45, 2.75) is 43.4 Å². The number of amides is 2. The predicted molar refractivity (Wildman–Crippen MR) is 119 cm³/mol. The Bertz CT molecular complexity index is 1020. The number of fused-ring (bicyclic) bond motifs is 2. The number of nitrogens with zero attached hydrogens (tertiary/aromatic N) is 1. The molecule has 2 bridgehead atoms. The molecular formula is C26H26N2O2. The first-order valence-corrected chi connectivity index (χ1v) is 10.7. The van der Waals surface area contributed by atoms with E-state index in [1.54, 1.807) is 0 Å². The van der Waals surface area contributed by atoms with Gasteiger partial charge in [-0.25, -0.2) is 4.79 Å². The van der Waals surface area contributed by atoms with Crippen molar-refractivity contribution in [1.82, 2.24) is 4.90 Å². The van der Waals surface area contributed by atoms with Gasteiger partial charge in [-0.15, -0.1) is 0 Å². The Kier molecular flexibility index (Phi) is 4.80. The Labute approximate surface area is 177 Å². The molecule has 4 heteroatoms. The minimum absolute atomic E-state index is 0.0536. The Balaban J connectivity index is 1.37. The number of para-hydroxylation sites is 1. The van der Waals surface area contributed by atoms with Crippen LogP contribution in [0.1, 0.15) is 31.2 Å². The van der Waals surface area contributed by atoms with Gasteiger partial charge in [0.25, 0.3) is 0 Å². The Hall–Kier alpha value is -3.11. The van der Waals surface area contributed by atoms with Crippen LogP contribution in [0.15, 0.2) is 84.9 Å². The number of piperidine rings is 1. The van der Waals surface area contributed by atoms with E-state index in [1.807, 2.05) is 77.7 Å². The van der Waals surface area contributed by atoms with Crippen molar-refractivity contribution >= 4 is 11.7 Å². The van der Waals surface area contributed by atoms with Crippen LogP contribution in [-0.4, -0.2) is 28.1 Å². The fourth-order valence-corrected chi connectivity index (χ4v) is 5.18. The highest BCUT2D eigenvalue weighted by molar-refractivity contribution is 5.95. The van der Waals surface area contributed by atoms with Gasteiger partial charge in [0.1, 0.15) is 0 Å². The zero-order chi connectivity index (χ0) is 20.6. The van der Waals surface area contributed by atoms with Crippen LogP contribution in [0.25, 0.3) is 11.1 Å². The van der Waals surface area contributed by atoms with Crippen molar-refractivity contribution in [3.63, 3.8) is 0 Å². The zero-order valence-electron chi connectivity index (χ0n) is 16.9. The topological polar surface area (TPSA) is 52.6 Å². The maximum atomic E-state index is 13.3. The van der Waals surface area contributed by atoms with E-state index in [9.17, 15) is 9.90 Å². The molecule has 5 rings (SSSR count). The third kappa shape index (κ3) is 3.37. The summed E-state index contributed by atoms with van der Waals surface area (Å²) in [5.74, 6) is 0. The molecule has 2 amide bonds. The first kappa shape index (κ1) is 18.9. The highest BCUT2D eigenvalue weighted by Crippen LogP contribution is 2.46. The van der Waals surface area contributed by atoms with Gasteiger partial charge >= 0.3 is 6.03 Å². The number of aliphatic hydroxyl groups is 1. The van der Waals surface area contributed by atoms with Gasteiger partial charge in [-0.2, -0.15) is 0 Å². The van der Waals surface area contributed by atoms with Crippen molar-refractivity contribution in [2.24, 2.45) is 0 Å². The van der Waals surface area contributed by atoms with Crippen LogP contribution < -0.4 is 5.32 Å². The van der Waals surface area contributed by atoms with Crippen molar-refractivity contribution in [3.8, 4) is 11.1 Å². The lowest BCUT2D eigenvalue weighted by Crippen LogP contribution is -2.53. The van der Waals surface area contributed by atoms with E-state index >= 15 is 0 Å².